The van der Waals surface area contributed by atoms with Gasteiger partial charge in [-0.2, -0.15) is 13.2 Å². The van der Waals surface area contributed by atoms with Gasteiger partial charge in [0.2, 0.25) is 0 Å². The predicted octanol–water partition coefficient (Wildman–Crippen LogP) is 8.07. The molecule has 256 valence electrons. The van der Waals surface area contributed by atoms with Gasteiger partial charge < -0.3 is 0 Å². The molecule has 47 heavy (non-hydrogen) atoms. The van der Waals surface area contributed by atoms with Crippen LogP contribution in [0.5, 0.6) is 0 Å². The number of rotatable bonds is 7. The Kier molecular flexibility index (Phi) is 9.35. The second kappa shape index (κ2) is 13.4. The van der Waals surface area contributed by atoms with Gasteiger partial charge in [-0.1, -0.05) is 64.5 Å². The summed E-state index contributed by atoms with van der Waals surface area (Å²) in [6, 6.07) is 9.42. The molecule has 2 N–H and O–H groups in total. The van der Waals surface area contributed by atoms with Gasteiger partial charge in [-0.05, 0) is 98.1 Å². The van der Waals surface area contributed by atoms with Crippen LogP contribution in [0.4, 0.5) is 13.2 Å². The number of imidazole rings is 1. The molecule has 0 bridgehead atoms. The van der Waals surface area contributed by atoms with Crippen molar-refractivity contribution in [1.29, 1.82) is 0 Å². The number of pyridine rings is 1. The molecule has 4 fully saturated rings. The number of alkyl halides is 3. The average molecular weight is 652 g/mol. The third kappa shape index (κ3) is 6.32. The van der Waals surface area contributed by atoms with E-state index in [1.54, 1.807) is 6.20 Å². The fraction of sp³-hybridized carbons (Fsp3) is 0.658. The van der Waals surface area contributed by atoms with Crippen LogP contribution in [0.1, 0.15) is 114 Å². The Hall–Kier alpha value is -2.62. The monoisotopic (exact) mass is 651 g/mol. The zero-order valence-corrected chi connectivity index (χ0v) is 28.1. The molecule has 1 aromatic carbocycles. The molecule has 2 aliphatic carbocycles. The molecule has 0 radical (unpaired) electrons. The topological polar surface area (TPSA) is 53.7 Å². The van der Waals surface area contributed by atoms with Crippen LogP contribution in [0.3, 0.4) is 0 Å². The predicted molar refractivity (Wildman–Crippen MR) is 181 cm³/mol. The summed E-state index contributed by atoms with van der Waals surface area (Å²) >= 11 is 0. The first-order valence-corrected chi connectivity index (χ1v) is 18.3. The molecule has 2 saturated heterocycles. The third-order valence-electron chi connectivity index (χ3n) is 12.2. The molecule has 2 aromatic heterocycles. The highest BCUT2D eigenvalue weighted by Crippen LogP contribution is 2.54. The first kappa shape index (κ1) is 32.9. The Balaban J connectivity index is 1.29. The Morgan fingerprint density at radius 2 is 1.70 bits per heavy atom. The molecule has 6 nitrogen and oxygen atoms in total. The molecule has 4 heterocycles. The fourth-order valence-electron chi connectivity index (χ4n) is 9.74. The first-order valence-electron chi connectivity index (χ1n) is 18.3. The van der Waals surface area contributed by atoms with Crippen molar-refractivity contribution in [3.63, 3.8) is 0 Å². The van der Waals surface area contributed by atoms with E-state index in [9.17, 15) is 18.0 Å². The second-order valence-electron chi connectivity index (χ2n) is 15.4. The number of hydrogen-bond acceptors (Lipinski definition) is 4. The van der Waals surface area contributed by atoms with Gasteiger partial charge in [0.05, 0.1) is 16.8 Å². The lowest BCUT2D eigenvalue weighted by atomic mass is 9.56. The number of aromatic nitrogens is 2. The number of benzene rings is 1. The Bertz CT molecular complexity index is 1600. The summed E-state index contributed by atoms with van der Waals surface area (Å²) in [5, 5.41) is 0. The summed E-state index contributed by atoms with van der Waals surface area (Å²) in [4.78, 5) is 16.2. The van der Waals surface area contributed by atoms with E-state index in [0.29, 0.717) is 41.5 Å². The van der Waals surface area contributed by atoms with Gasteiger partial charge in [0.15, 0.2) is 0 Å². The van der Waals surface area contributed by atoms with Crippen molar-refractivity contribution in [2.75, 3.05) is 19.6 Å². The average Bonchev–Trinajstić information content (AvgIpc) is 3.53. The summed E-state index contributed by atoms with van der Waals surface area (Å²) in [6.45, 7) is 7.61. The Morgan fingerprint density at radius 3 is 2.36 bits per heavy atom. The van der Waals surface area contributed by atoms with E-state index in [-0.39, 0.29) is 17.0 Å². The van der Waals surface area contributed by atoms with E-state index < -0.39 is 17.4 Å². The summed E-state index contributed by atoms with van der Waals surface area (Å²) < 4.78 is 46.2. The zero-order chi connectivity index (χ0) is 32.8. The van der Waals surface area contributed by atoms with Gasteiger partial charge in [-0.25, -0.2) is 4.79 Å². The van der Waals surface area contributed by atoms with E-state index in [1.807, 2.05) is 12.1 Å². The van der Waals surface area contributed by atoms with Crippen LogP contribution in [0.25, 0.3) is 11.2 Å². The van der Waals surface area contributed by atoms with E-state index in [2.05, 4.69) is 41.7 Å². The lowest BCUT2D eigenvalue weighted by Crippen LogP contribution is -2.59. The van der Waals surface area contributed by atoms with Crippen LogP contribution in [0.2, 0.25) is 0 Å². The highest BCUT2D eigenvalue weighted by molar-refractivity contribution is 5.58. The fourth-order valence-corrected chi connectivity index (χ4v) is 9.74. The number of hydrogen-bond donors (Lipinski definition) is 2. The molecule has 0 spiro atoms. The minimum Gasteiger partial charge on any atom is -0.299 e. The number of likely N-dealkylation sites (tertiary alicyclic amines) is 1. The van der Waals surface area contributed by atoms with Crippen LogP contribution in [0, 0.1) is 23.7 Å². The lowest BCUT2D eigenvalue weighted by molar-refractivity contribution is -0.136. The quantitative estimate of drug-likeness (QED) is 0.271. The molecular formula is C38H52F3N5O. The largest absolute Gasteiger partial charge is 0.418 e. The number of nitrogens with zero attached hydrogens (tertiary/aromatic N) is 3. The molecule has 3 aromatic rings. The molecular weight excluding hydrogens is 599 g/mol. The summed E-state index contributed by atoms with van der Waals surface area (Å²) in [7, 11) is 0. The van der Waals surface area contributed by atoms with Crippen LogP contribution in [-0.4, -0.2) is 39.0 Å². The highest BCUT2D eigenvalue weighted by atomic mass is 19.4. The molecule has 0 amide bonds. The van der Waals surface area contributed by atoms with Crippen molar-refractivity contribution >= 4 is 5.52 Å². The van der Waals surface area contributed by atoms with Crippen molar-refractivity contribution in [2.45, 2.75) is 115 Å². The maximum absolute atomic E-state index is 14.5. The van der Waals surface area contributed by atoms with Crippen LogP contribution >= 0.6 is 0 Å². The van der Waals surface area contributed by atoms with Gasteiger partial charge >= 0.3 is 11.9 Å². The summed E-state index contributed by atoms with van der Waals surface area (Å²) in [6.07, 6.45) is 13.1. The van der Waals surface area contributed by atoms with Crippen molar-refractivity contribution in [3.05, 3.63) is 69.9 Å². The number of hydrazine groups is 1. The molecule has 9 heteroatoms. The zero-order valence-electron chi connectivity index (χ0n) is 28.1. The smallest absolute Gasteiger partial charge is 0.299 e. The molecule has 4 atom stereocenters. The number of piperidine rings is 1. The number of nitrogens with one attached hydrogen (secondary N) is 2. The van der Waals surface area contributed by atoms with Gasteiger partial charge in [0.25, 0.3) is 0 Å². The minimum absolute atomic E-state index is 0.0968. The van der Waals surface area contributed by atoms with E-state index in [4.69, 9.17) is 0 Å². The number of halogens is 3. The minimum atomic E-state index is -4.58. The van der Waals surface area contributed by atoms with Crippen molar-refractivity contribution in [2.24, 2.45) is 23.7 Å². The van der Waals surface area contributed by atoms with Gasteiger partial charge in [0, 0.05) is 43.5 Å². The van der Waals surface area contributed by atoms with Crippen molar-refractivity contribution in [3.8, 4) is 5.69 Å². The van der Waals surface area contributed by atoms with Crippen LogP contribution < -0.4 is 16.5 Å². The first-order chi connectivity index (χ1) is 22.6. The Morgan fingerprint density at radius 1 is 0.936 bits per heavy atom. The van der Waals surface area contributed by atoms with Crippen molar-refractivity contribution < 1.29 is 13.2 Å². The van der Waals surface area contributed by atoms with Crippen LogP contribution in [-0.2, 0) is 12.7 Å². The van der Waals surface area contributed by atoms with Gasteiger partial charge in [0.1, 0.15) is 0 Å². The van der Waals surface area contributed by atoms with E-state index in [0.717, 1.165) is 32.5 Å². The van der Waals surface area contributed by atoms with Gasteiger partial charge in [-0.15, -0.1) is 0 Å². The molecule has 2 aliphatic heterocycles. The second-order valence-corrected chi connectivity index (χ2v) is 15.4. The SMILES string of the molecule is CC1CNNC1(C1CCCCCCC1)[C@H](c1cccc(-n2cc3c(C(F)(F)F)cc(CN4CCC[C@H](C)C4)cn3c2=O)c1)C1CCC1. The number of fused-ring (bicyclic) bond motifs is 1. The molecule has 2 unspecified atom stereocenters. The lowest BCUT2D eigenvalue weighted by Gasteiger charge is -2.52. The maximum Gasteiger partial charge on any atom is 0.418 e. The third-order valence-corrected chi connectivity index (χ3v) is 12.2. The molecule has 4 aliphatic rings. The molecule has 7 rings (SSSR count). The highest BCUT2D eigenvalue weighted by Gasteiger charge is 2.55. The van der Waals surface area contributed by atoms with Crippen LogP contribution in [0.15, 0.2) is 47.5 Å². The maximum atomic E-state index is 14.5. The molecule has 2 saturated carbocycles. The summed E-state index contributed by atoms with van der Waals surface area (Å²) in [5.41, 5.74) is 8.38. The van der Waals surface area contributed by atoms with Gasteiger partial charge in [-0.3, -0.25) is 24.7 Å². The van der Waals surface area contributed by atoms with E-state index in [1.165, 1.54) is 91.0 Å². The normalized spacial score (nSPS) is 27.9. The standard InChI is InChI=1S/C38H52F3N5O/c1-26-11-10-18-44(22-26)23-28-19-33(38(39,40)41)34-25-45(36(47)46(34)24-28)32-17-9-14-30(20-32)35(29-12-8-13-29)37(27(2)21-42-43-37)31-15-6-4-3-5-7-16-31/h9,14,17,19-20,24-27,29,31,35,42-43H,3-8,10-13,15-16,18,21-23H2,1-2H3/t26-,27?,35-,37?/m0/s1. The summed E-state index contributed by atoms with van der Waals surface area (Å²) in [5.74, 6) is 2.27. The Labute approximate surface area is 277 Å². The van der Waals surface area contributed by atoms with Crippen molar-refractivity contribution in [1.82, 2.24) is 24.7 Å². The van der Waals surface area contributed by atoms with E-state index >= 15 is 0 Å².